The number of hydrogen-bond donors (Lipinski definition) is 1. The summed E-state index contributed by atoms with van der Waals surface area (Å²) in [5.41, 5.74) is 0.827. The van der Waals surface area contributed by atoms with Gasteiger partial charge in [0.1, 0.15) is 0 Å². The van der Waals surface area contributed by atoms with Gasteiger partial charge in [0.25, 0.3) is 0 Å². The molecule has 1 rings (SSSR count). The van der Waals surface area contributed by atoms with Crippen LogP contribution in [0.4, 0.5) is 10.5 Å². The first kappa shape index (κ1) is 14.0. The largest absolute Gasteiger partial charge is 0.325 e. The quantitative estimate of drug-likeness (QED) is 0.872. The van der Waals surface area contributed by atoms with Crippen LogP contribution in [-0.2, 0) is 0 Å². The summed E-state index contributed by atoms with van der Waals surface area (Å²) in [6.07, 6.45) is 2.14. The zero-order chi connectivity index (χ0) is 12.7. The van der Waals surface area contributed by atoms with Gasteiger partial charge >= 0.3 is 6.03 Å². The molecule has 0 aliphatic carbocycles. The second-order valence-corrected chi connectivity index (χ2v) is 4.79. The van der Waals surface area contributed by atoms with Crippen molar-refractivity contribution in [1.29, 1.82) is 0 Å². The summed E-state index contributed by atoms with van der Waals surface area (Å²) in [6.45, 7) is 5.68. The monoisotopic (exact) mass is 298 g/mol. The molecule has 0 saturated heterocycles. The van der Waals surface area contributed by atoms with Crippen LogP contribution in [0.2, 0.25) is 0 Å². The van der Waals surface area contributed by atoms with Gasteiger partial charge in [0.05, 0.1) is 0 Å². The molecule has 1 aromatic carbocycles. The van der Waals surface area contributed by atoms with Gasteiger partial charge in [-0.3, -0.25) is 0 Å². The van der Waals surface area contributed by atoms with E-state index in [1.807, 2.05) is 36.1 Å². The molecule has 0 unspecified atom stereocenters. The van der Waals surface area contributed by atoms with Crippen molar-refractivity contribution in [3.8, 4) is 0 Å². The fraction of sp³-hybridized carbons (Fsp3) is 0.462. The van der Waals surface area contributed by atoms with Crippen molar-refractivity contribution in [3.63, 3.8) is 0 Å². The summed E-state index contributed by atoms with van der Waals surface area (Å²) in [6, 6.07) is 7.57. The predicted molar refractivity (Wildman–Crippen MR) is 75.3 cm³/mol. The third-order valence-electron chi connectivity index (χ3n) is 2.55. The summed E-state index contributed by atoms with van der Waals surface area (Å²) in [5, 5.41) is 2.90. The lowest BCUT2D eigenvalue weighted by Crippen LogP contribution is -2.35. The van der Waals surface area contributed by atoms with Crippen molar-refractivity contribution in [2.24, 2.45) is 0 Å². The normalized spacial score (nSPS) is 10.1. The number of halogens is 1. The summed E-state index contributed by atoms with van der Waals surface area (Å²) in [4.78, 5) is 13.8. The Bertz CT molecular complexity index is 351. The standard InChI is InChI=1S/C13H19BrN2O/c1-3-5-10-16(4-2)13(17)15-12-8-6-11(14)7-9-12/h6-9H,3-5,10H2,1-2H3,(H,15,17). The number of nitrogens with zero attached hydrogens (tertiary/aromatic N) is 1. The molecule has 0 saturated carbocycles. The minimum absolute atomic E-state index is 0.0247. The minimum atomic E-state index is -0.0247. The molecule has 0 aliphatic heterocycles. The van der Waals surface area contributed by atoms with Crippen LogP contribution < -0.4 is 5.32 Å². The number of carbonyl (C=O) groups is 1. The van der Waals surface area contributed by atoms with Crippen molar-refractivity contribution in [2.75, 3.05) is 18.4 Å². The molecule has 0 spiro atoms. The first-order valence-electron chi connectivity index (χ1n) is 5.98. The van der Waals surface area contributed by atoms with E-state index in [-0.39, 0.29) is 6.03 Å². The van der Waals surface area contributed by atoms with E-state index in [1.54, 1.807) is 0 Å². The van der Waals surface area contributed by atoms with E-state index in [2.05, 4.69) is 28.2 Å². The van der Waals surface area contributed by atoms with Crippen LogP contribution in [0.5, 0.6) is 0 Å². The number of anilines is 1. The first-order chi connectivity index (χ1) is 8.17. The van der Waals surface area contributed by atoms with Crippen LogP contribution in [0.25, 0.3) is 0 Å². The van der Waals surface area contributed by atoms with Gasteiger partial charge in [0, 0.05) is 23.2 Å². The molecule has 0 heterocycles. The Balaban J connectivity index is 2.54. The zero-order valence-electron chi connectivity index (χ0n) is 10.4. The minimum Gasteiger partial charge on any atom is -0.325 e. The highest BCUT2D eigenvalue weighted by Gasteiger charge is 2.10. The summed E-state index contributed by atoms with van der Waals surface area (Å²) >= 11 is 3.37. The Labute approximate surface area is 111 Å². The maximum atomic E-state index is 11.9. The van der Waals surface area contributed by atoms with E-state index in [1.165, 1.54) is 0 Å². The van der Waals surface area contributed by atoms with Gasteiger partial charge in [-0.1, -0.05) is 29.3 Å². The maximum absolute atomic E-state index is 11.9. The molecule has 4 heteroatoms. The molecular weight excluding hydrogens is 280 g/mol. The lowest BCUT2D eigenvalue weighted by molar-refractivity contribution is 0.213. The second-order valence-electron chi connectivity index (χ2n) is 3.87. The predicted octanol–water partition coefficient (Wildman–Crippen LogP) is 4.10. The molecular formula is C13H19BrN2O. The van der Waals surface area contributed by atoms with E-state index >= 15 is 0 Å². The number of hydrogen-bond acceptors (Lipinski definition) is 1. The molecule has 2 amide bonds. The van der Waals surface area contributed by atoms with Crippen LogP contribution in [0, 0.1) is 0 Å². The molecule has 3 nitrogen and oxygen atoms in total. The molecule has 0 radical (unpaired) electrons. The van der Waals surface area contributed by atoms with Crippen LogP contribution in [-0.4, -0.2) is 24.0 Å². The summed E-state index contributed by atoms with van der Waals surface area (Å²) < 4.78 is 1.01. The third kappa shape index (κ3) is 4.77. The molecule has 0 bridgehead atoms. The van der Waals surface area contributed by atoms with Gasteiger partial charge in [0.2, 0.25) is 0 Å². The highest BCUT2D eigenvalue weighted by atomic mass is 79.9. The van der Waals surface area contributed by atoms with Gasteiger partial charge in [-0.2, -0.15) is 0 Å². The van der Waals surface area contributed by atoms with Crippen LogP contribution in [0.1, 0.15) is 26.7 Å². The zero-order valence-corrected chi connectivity index (χ0v) is 12.0. The van der Waals surface area contributed by atoms with Crippen molar-refractivity contribution in [2.45, 2.75) is 26.7 Å². The summed E-state index contributed by atoms with van der Waals surface area (Å²) in [5.74, 6) is 0. The molecule has 1 N–H and O–H groups in total. The highest BCUT2D eigenvalue weighted by Crippen LogP contribution is 2.14. The Morgan fingerprint density at radius 2 is 1.94 bits per heavy atom. The topological polar surface area (TPSA) is 32.3 Å². The van der Waals surface area contributed by atoms with Crippen molar-refractivity contribution in [1.82, 2.24) is 4.90 Å². The van der Waals surface area contributed by atoms with Gasteiger partial charge in [-0.15, -0.1) is 0 Å². The third-order valence-corrected chi connectivity index (χ3v) is 3.07. The summed E-state index contributed by atoms with van der Waals surface area (Å²) in [7, 11) is 0. The first-order valence-corrected chi connectivity index (χ1v) is 6.78. The average Bonchev–Trinajstić information content (AvgIpc) is 2.33. The number of carbonyl (C=O) groups excluding carboxylic acids is 1. The number of nitrogens with one attached hydrogen (secondary N) is 1. The number of rotatable bonds is 5. The Morgan fingerprint density at radius 3 is 2.47 bits per heavy atom. The van der Waals surface area contributed by atoms with Crippen molar-refractivity contribution < 1.29 is 4.79 Å². The van der Waals surface area contributed by atoms with Crippen LogP contribution in [0.3, 0.4) is 0 Å². The van der Waals surface area contributed by atoms with Gasteiger partial charge in [-0.25, -0.2) is 4.79 Å². The molecule has 94 valence electrons. The fourth-order valence-electron chi connectivity index (χ4n) is 1.49. The van der Waals surface area contributed by atoms with E-state index in [0.717, 1.165) is 36.1 Å². The van der Waals surface area contributed by atoms with Crippen molar-refractivity contribution in [3.05, 3.63) is 28.7 Å². The van der Waals surface area contributed by atoms with E-state index < -0.39 is 0 Å². The number of unbranched alkanes of at least 4 members (excludes halogenated alkanes) is 1. The molecule has 17 heavy (non-hydrogen) atoms. The number of amides is 2. The van der Waals surface area contributed by atoms with Gasteiger partial charge in [-0.05, 0) is 37.6 Å². The van der Waals surface area contributed by atoms with Crippen LogP contribution >= 0.6 is 15.9 Å². The lowest BCUT2D eigenvalue weighted by Gasteiger charge is -2.21. The SMILES string of the molecule is CCCCN(CC)C(=O)Nc1ccc(Br)cc1. The molecule has 0 fully saturated rings. The Morgan fingerprint density at radius 1 is 1.29 bits per heavy atom. The average molecular weight is 299 g/mol. The number of benzene rings is 1. The highest BCUT2D eigenvalue weighted by molar-refractivity contribution is 9.10. The second kappa shape index (κ2) is 7.33. The molecule has 0 aliphatic rings. The molecule has 0 aromatic heterocycles. The molecule has 0 atom stereocenters. The van der Waals surface area contributed by atoms with Gasteiger partial charge < -0.3 is 10.2 Å². The van der Waals surface area contributed by atoms with E-state index in [0.29, 0.717) is 0 Å². The van der Waals surface area contributed by atoms with Crippen LogP contribution in [0.15, 0.2) is 28.7 Å². The fourth-order valence-corrected chi connectivity index (χ4v) is 1.75. The maximum Gasteiger partial charge on any atom is 0.321 e. The number of urea groups is 1. The van der Waals surface area contributed by atoms with E-state index in [9.17, 15) is 4.79 Å². The Kier molecular flexibility index (Phi) is 6.05. The lowest BCUT2D eigenvalue weighted by atomic mass is 10.3. The van der Waals surface area contributed by atoms with E-state index in [4.69, 9.17) is 0 Å². The van der Waals surface area contributed by atoms with Crippen molar-refractivity contribution >= 4 is 27.6 Å². The molecule has 1 aromatic rings. The smallest absolute Gasteiger partial charge is 0.321 e. The van der Waals surface area contributed by atoms with Gasteiger partial charge in [0.15, 0.2) is 0 Å². The Hall–Kier alpha value is -1.03.